The fourth-order valence-electron chi connectivity index (χ4n) is 2.22. The van der Waals surface area contributed by atoms with E-state index in [1.54, 1.807) is 11.5 Å². The molecular weight excluding hydrogens is 238 g/mol. The lowest BCUT2D eigenvalue weighted by Gasteiger charge is -2.04. The molecule has 3 nitrogen and oxygen atoms in total. The lowest BCUT2D eigenvalue weighted by molar-refractivity contribution is 0.0706. The van der Waals surface area contributed by atoms with Gasteiger partial charge in [-0.05, 0) is 30.5 Å². The van der Waals surface area contributed by atoms with E-state index in [1.165, 1.54) is 38.5 Å². The number of hydroxylamine groups is 1. The Kier molecular flexibility index (Phi) is 7.91. The summed E-state index contributed by atoms with van der Waals surface area (Å²) < 4.78 is 0. The molecule has 0 aliphatic heterocycles. The van der Waals surface area contributed by atoms with Gasteiger partial charge in [0, 0.05) is 5.56 Å². The average Bonchev–Trinajstić information content (AvgIpc) is 2.46. The molecule has 0 aliphatic carbocycles. The summed E-state index contributed by atoms with van der Waals surface area (Å²) in [5.74, 6) is -0.443. The molecule has 0 saturated carbocycles. The average molecular weight is 263 g/mol. The lowest BCUT2D eigenvalue weighted by atomic mass is 10.0. The van der Waals surface area contributed by atoms with Crippen LogP contribution in [0.4, 0.5) is 0 Å². The van der Waals surface area contributed by atoms with E-state index in [0.717, 1.165) is 18.4 Å². The number of rotatable bonds is 9. The van der Waals surface area contributed by atoms with Crippen LogP contribution in [0.15, 0.2) is 24.3 Å². The molecule has 2 N–H and O–H groups in total. The fraction of sp³-hybridized carbons (Fsp3) is 0.562. The number of hydrogen-bond acceptors (Lipinski definition) is 2. The van der Waals surface area contributed by atoms with Crippen LogP contribution in [0.2, 0.25) is 0 Å². The molecule has 1 aromatic carbocycles. The molecule has 1 rings (SSSR count). The van der Waals surface area contributed by atoms with Gasteiger partial charge in [-0.1, -0.05) is 57.6 Å². The molecule has 0 saturated heterocycles. The molecule has 19 heavy (non-hydrogen) atoms. The third-order valence-electron chi connectivity index (χ3n) is 3.36. The molecule has 0 radical (unpaired) electrons. The van der Waals surface area contributed by atoms with Crippen LogP contribution in [0.5, 0.6) is 0 Å². The maximum atomic E-state index is 11.3. The fourth-order valence-corrected chi connectivity index (χ4v) is 2.22. The summed E-state index contributed by atoms with van der Waals surface area (Å²) in [6, 6.07) is 7.45. The predicted molar refractivity (Wildman–Crippen MR) is 77.4 cm³/mol. The van der Waals surface area contributed by atoms with Crippen molar-refractivity contribution in [3.05, 3.63) is 35.4 Å². The van der Waals surface area contributed by atoms with Gasteiger partial charge in [0.05, 0.1) is 0 Å². The summed E-state index contributed by atoms with van der Waals surface area (Å²) in [5.41, 5.74) is 3.34. The number of unbranched alkanes of at least 4 members (excludes halogenated alkanes) is 6. The molecule has 0 aliphatic rings. The summed E-state index contributed by atoms with van der Waals surface area (Å²) in [4.78, 5) is 11.3. The minimum Gasteiger partial charge on any atom is -0.288 e. The molecule has 0 atom stereocenters. The standard InChI is InChI=1S/C16H25NO2/c1-2-3-4-5-6-7-8-10-14-11-9-12-15(13-14)16(18)17-19/h9,11-13,19H,2-8,10H2,1H3,(H,17,18). The minimum atomic E-state index is -0.443. The summed E-state index contributed by atoms with van der Waals surface area (Å²) in [6.45, 7) is 2.23. The Balaban J connectivity index is 2.24. The molecule has 0 bridgehead atoms. The number of hydrogen-bond donors (Lipinski definition) is 2. The van der Waals surface area contributed by atoms with E-state index < -0.39 is 5.91 Å². The van der Waals surface area contributed by atoms with E-state index >= 15 is 0 Å². The van der Waals surface area contributed by atoms with Crippen molar-refractivity contribution in [2.24, 2.45) is 0 Å². The van der Waals surface area contributed by atoms with Gasteiger partial charge in [0.15, 0.2) is 0 Å². The molecule has 106 valence electrons. The summed E-state index contributed by atoms with van der Waals surface area (Å²) in [7, 11) is 0. The molecule has 0 aromatic heterocycles. The first kappa shape index (κ1) is 15.7. The largest absolute Gasteiger partial charge is 0.288 e. The monoisotopic (exact) mass is 263 g/mol. The second-order valence-corrected chi connectivity index (χ2v) is 5.01. The van der Waals surface area contributed by atoms with E-state index in [2.05, 4.69) is 6.92 Å². The van der Waals surface area contributed by atoms with Crippen LogP contribution in [0.1, 0.15) is 67.8 Å². The minimum absolute atomic E-state index is 0.443. The topological polar surface area (TPSA) is 49.3 Å². The van der Waals surface area contributed by atoms with E-state index in [-0.39, 0.29) is 0 Å². The van der Waals surface area contributed by atoms with Crippen molar-refractivity contribution in [1.82, 2.24) is 5.48 Å². The molecule has 3 heteroatoms. The first-order chi connectivity index (χ1) is 9.27. The predicted octanol–water partition coefficient (Wildman–Crippen LogP) is 4.10. The summed E-state index contributed by atoms with van der Waals surface area (Å²) in [6.07, 6.45) is 10.0. The van der Waals surface area contributed by atoms with Gasteiger partial charge in [0.25, 0.3) is 5.91 Å². The van der Waals surface area contributed by atoms with Crippen LogP contribution in [-0.4, -0.2) is 11.1 Å². The number of carbonyl (C=O) groups is 1. The number of amides is 1. The van der Waals surface area contributed by atoms with E-state index in [0.29, 0.717) is 5.56 Å². The van der Waals surface area contributed by atoms with Crippen molar-refractivity contribution in [1.29, 1.82) is 0 Å². The van der Waals surface area contributed by atoms with Gasteiger partial charge in [-0.25, -0.2) is 5.48 Å². The second kappa shape index (κ2) is 9.56. The van der Waals surface area contributed by atoms with Crippen molar-refractivity contribution in [3.8, 4) is 0 Å². The Bertz CT molecular complexity index is 377. The zero-order valence-electron chi connectivity index (χ0n) is 11.8. The quantitative estimate of drug-likeness (QED) is 0.400. The van der Waals surface area contributed by atoms with Crippen LogP contribution < -0.4 is 5.48 Å². The molecule has 0 unspecified atom stereocenters. The maximum absolute atomic E-state index is 11.3. The Morgan fingerprint density at radius 3 is 2.47 bits per heavy atom. The van der Waals surface area contributed by atoms with E-state index in [1.807, 2.05) is 18.2 Å². The second-order valence-electron chi connectivity index (χ2n) is 5.01. The van der Waals surface area contributed by atoms with Crippen LogP contribution >= 0.6 is 0 Å². The zero-order valence-corrected chi connectivity index (χ0v) is 11.8. The highest BCUT2D eigenvalue weighted by molar-refractivity contribution is 5.93. The third kappa shape index (κ3) is 6.39. The molecular formula is C16H25NO2. The summed E-state index contributed by atoms with van der Waals surface area (Å²) in [5, 5.41) is 8.60. The smallest absolute Gasteiger partial charge is 0.274 e. The highest BCUT2D eigenvalue weighted by Crippen LogP contribution is 2.12. The van der Waals surface area contributed by atoms with Gasteiger partial charge >= 0.3 is 0 Å². The summed E-state index contributed by atoms with van der Waals surface area (Å²) >= 11 is 0. The van der Waals surface area contributed by atoms with Crippen LogP contribution in [0.3, 0.4) is 0 Å². The van der Waals surface area contributed by atoms with E-state index in [9.17, 15) is 4.79 Å². The van der Waals surface area contributed by atoms with E-state index in [4.69, 9.17) is 5.21 Å². The Labute approximate surface area is 116 Å². The van der Waals surface area contributed by atoms with Crippen molar-refractivity contribution >= 4 is 5.91 Å². The molecule has 0 spiro atoms. The highest BCUT2D eigenvalue weighted by atomic mass is 16.5. The molecule has 1 aromatic rings. The van der Waals surface area contributed by atoms with Crippen LogP contribution in [0, 0.1) is 0 Å². The SMILES string of the molecule is CCCCCCCCCc1cccc(C(=O)NO)c1. The van der Waals surface area contributed by atoms with Crippen molar-refractivity contribution in [2.45, 2.75) is 58.3 Å². The van der Waals surface area contributed by atoms with Crippen molar-refractivity contribution < 1.29 is 10.0 Å². The Hall–Kier alpha value is -1.35. The van der Waals surface area contributed by atoms with Crippen LogP contribution in [-0.2, 0) is 6.42 Å². The maximum Gasteiger partial charge on any atom is 0.274 e. The molecule has 0 heterocycles. The van der Waals surface area contributed by atoms with Gasteiger partial charge in [-0.3, -0.25) is 10.0 Å². The first-order valence-electron chi connectivity index (χ1n) is 7.31. The Morgan fingerprint density at radius 1 is 1.11 bits per heavy atom. The molecule has 0 fully saturated rings. The van der Waals surface area contributed by atoms with Crippen molar-refractivity contribution in [3.63, 3.8) is 0 Å². The van der Waals surface area contributed by atoms with Crippen LogP contribution in [0.25, 0.3) is 0 Å². The normalized spacial score (nSPS) is 10.4. The number of benzene rings is 1. The van der Waals surface area contributed by atoms with Gasteiger partial charge in [-0.15, -0.1) is 0 Å². The zero-order chi connectivity index (χ0) is 13.9. The molecule has 1 amide bonds. The number of nitrogens with one attached hydrogen (secondary N) is 1. The highest BCUT2D eigenvalue weighted by Gasteiger charge is 2.04. The van der Waals surface area contributed by atoms with Gasteiger partial charge in [-0.2, -0.15) is 0 Å². The van der Waals surface area contributed by atoms with Gasteiger partial charge in [0.1, 0.15) is 0 Å². The number of carbonyl (C=O) groups excluding carboxylic acids is 1. The Morgan fingerprint density at radius 2 is 1.79 bits per heavy atom. The van der Waals surface area contributed by atoms with Gasteiger partial charge in [0.2, 0.25) is 0 Å². The lowest BCUT2D eigenvalue weighted by Crippen LogP contribution is -2.18. The number of aryl methyl sites for hydroxylation is 1. The third-order valence-corrected chi connectivity index (χ3v) is 3.36. The first-order valence-corrected chi connectivity index (χ1v) is 7.31. The van der Waals surface area contributed by atoms with Crippen molar-refractivity contribution in [2.75, 3.05) is 0 Å². The van der Waals surface area contributed by atoms with Gasteiger partial charge < -0.3 is 0 Å².